The smallest absolute Gasteiger partial charge is 0.256 e. The minimum atomic E-state index is -0.580. The van der Waals surface area contributed by atoms with Crippen LogP contribution in [0.5, 0.6) is 0 Å². The summed E-state index contributed by atoms with van der Waals surface area (Å²) in [7, 11) is 0. The fourth-order valence-corrected chi connectivity index (χ4v) is 2.57. The molecule has 2 aromatic rings. The minimum absolute atomic E-state index is 0.0170. The van der Waals surface area contributed by atoms with Crippen LogP contribution >= 0.6 is 39.1 Å². The predicted molar refractivity (Wildman–Crippen MR) is 82.9 cm³/mol. The van der Waals surface area contributed by atoms with Gasteiger partial charge in [-0.15, -0.1) is 0 Å². The summed E-state index contributed by atoms with van der Waals surface area (Å²) in [5, 5.41) is 2.57. The Balaban J connectivity index is 2.36. The molecule has 20 heavy (non-hydrogen) atoms. The van der Waals surface area contributed by atoms with Crippen LogP contribution in [0, 0.1) is 5.82 Å². The maximum atomic E-state index is 13.1. The van der Waals surface area contributed by atoms with Gasteiger partial charge in [0.05, 0.1) is 25.8 Å². The van der Waals surface area contributed by atoms with Gasteiger partial charge in [0.15, 0.2) is 0 Å². The van der Waals surface area contributed by atoms with Gasteiger partial charge in [-0.25, -0.2) is 4.39 Å². The second-order valence-electron chi connectivity index (χ2n) is 3.91. The summed E-state index contributed by atoms with van der Waals surface area (Å²) in [4.78, 5) is 12.2. The van der Waals surface area contributed by atoms with Crippen LogP contribution < -0.4 is 11.1 Å². The monoisotopic (exact) mass is 376 g/mol. The van der Waals surface area contributed by atoms with Crippen LogP contribution in [0.4, 0.5) is 15.8 Å². The standard InChI is InChI=1S/C13H8BrCl2FN2O/c14-11-7(2-1-3-10(11)18)13(20)19-12-8(15)4-6(17)5-9(12)16/h1-5H,18H2,(H,19,20). The Morgan fingerprint density at radius 3 is 2.45 bits per heavy atom. The molecule has 0 aromatic heterocycles. The van der Waals surface area contributed by atoms with E-state index in [9.17, 15) is 9.18 Å². The second-order valence-corrected chi connectivity index (χ2v) is 5.51. The van der Waals surface area contributed by atoms with Crippen LogP contribution in [0.3, 0.4) is 0 Å². The van der Waals surface area contributed by atoms with Crippen molar-refractivity contribution in [3.63, 3.8) is 0 Å². The van der Waals surface area contributed by atoms with Gasteiger partial charge in [-0.2, -0.15) is 0 Å². The van der Waals surface area contributed by atoms with Crippen molar-refractivity contribution in [1.29, 1.82) is 0 Å². The van der Waals surface area contributed by atoms with E-state index >= 15 is 0 Å². The first-order valence-electron chi connectivity index (χ1n) is 5.40. The van der Waals surface area contributed by atoms with E-state index in [2.05, 4.69) is 21.2 Å². The summed E-state index contributed by atoms with van der Waals surface area (Å²) in [5.41, 5.74) is 6.60. The van der Waals surface area contributed by atoms with E-state index in [0.717, 1.165) is 12.1 Å². The van der Waals surface area contributed by atoms with Gasteiger partial charge in [-0.05, 0) is 40.2 Å². The molecule has 1 amide bonds. The van der Waals surface area contributed by atoms with Gasteiger partial charge in [0.1, 0.15) is 5.82 Å². The molecule has 0 bridgehead atoms. The zero-order chi connectivity index (χ0) is 14.9. The van der Waals surface area contributed by atoms with Crippen molar-refractivity contribution in [2.45, 2.75) is 0 Å². The van der Waals surface area contributed by atoms with Gasteiger partial charge in [0.2, 0.25) is 0 Å². The number of benzene rings is 2. The van der Waals surface area contributed by atoms with Crippen molar-refractivity contribution >= 4 is 56.4 Å². The Morgan fingerprint density at radius 1 is 1.25 bits per heavy atom. The van der Waals surface area contributed by atoms with Crippen molar-refractivity contribution in [2.75, 3.05) is 11.1 Å². The Kier molecular flexibility index (Phi) is 4.52. The number of amides is 1. The molecule has 0 radical (unpaired) electrons. The molecule has 0 fully saturated rings. The number of rotatable bonds is 2. The van der Waals surface area contributed by atoms with Crippen LogP contribution in [0.25, 0.3) is 0 Å². The molecule has 2 aromatic carbocycles. The normalized spacial score (nSPS) is 10.4. The molecule has 0 aliphatic carbocycles. The number of nitrogens with one attached hydrogen (secondary N) is 1. The molecule has 7 heteroatoms. The summed E-state index contributed by atoms with van der Waals surface area (Å²) in [6.45, 7) is 0. The third-order valence-corrected chi connectivity index (χ3v) is 4.00. The highest BCUT2D eigenvalue weighted by atomic mass is 79.9. The van der Waals surface area contributed by atoms with Crippen LogP contribution in [-0.4, -0.2) is 5.91 Å². The van der Waals surface area contributed by atoms with Crippen LogP contribution in [0.1, 0.15) is 10.4 Å². The van der Waals surface area contributed by atoms with Gasteiger partial charge in [-0.1, -0.05) is 29.3 Å². The van der Waals surface area contributed by atoms with E-state index < -0.39 is 11.7 Å². The minimum Gasteiger partial charge on any atom is -0.398 e. The Hall–Kier alpha value is -1.30. The lowest BCUT2D eigenvalue weighted by molar-refractivity contribution is 0.102. The van der Waals surface area contributed by atoms with Gasteiger partial charge in [-0.3, -0.25) is 4.79 Å². The summed E-state index contributed by atoms with van der Waals surface area (Å²) in [5.74, 6) is -1.04. The van der Waals surface area contributed by atoms with E-state index in [1.54, 1.807) is 18.2 Å². The molecule has 0 unspecified atom stereocenters. The average Bonchev–Trinajstić information content (AvgIpc) is 2.36. The van der Waals surface area contributed by atoms with E-state index in [-0.39, 0.29) is 15.7 Å². The average molecular weight is 378 g/mol. The molecule has 0 spiro atoms. The number of anilines is 2. The van der Waals surface area contributed by atoms with Gasteiger partial charge in [0.25, 0.3) is 5.91 Å². The van der Waals surface area contributed by atoms with E-state index in [1.807, 2.05) is 0 Å². The number of hydrogen-bond acceptors (Lipinski definition) is 2. The molecular formula is C13H8BrCl2FN2O. The molecular weight excluding hydrogens is 370 g/mol. The van der Waals surface area contributed by atoms with Crippen molar-refractivity contribution in [3.05, 3.63) is 56.2 Å². The van der Waals surface area contributed by atoms with Crippen molar-refractivity contribution < 1.29 is 9.18 Å². The van der Waals surface area contributed by atoms with Crippen molar-refractivity contribution in [2.24, 2.45) is 0 Å². The predicted octanol–water partition coefficient (Wildman–Crippen LogP) is 4.73. The van der Waals surface area contributed by atoms with Crippen molar-refractivity contribution in [1.82, 2.24) is 0 Å². The van der Waals surface area contributed by atoms with Crippen molar-refractivity contribution in [3.8, 4) is 0 Å². The molecule has 2 rings (SSSR count). The highest BCUT2D eigenvalue weighted by Gasteiger charge is 2.16. The van der Waals surface area contributed by atoms with Crippen LogP contribution in [-0.2, 0) is 0 Å². The van der Waals surface area contributed by atoms with Gasteiger partial charge < -0.3 is 11.1 Å². The molecule has 3 N–H and O–H groups in total. The maximum Gasteiger partial charge on any atom is 0.256 e. The lowest BCUT2D eigenvalue weighted by Gasteiger charge is -2.11. The number of nitrogen functional groups attached to an aromatic ring is 1. The molecule has 0 aliphatic heterocycles. The highest BCUT2D eigenvalue weighted by molar-refractivity contribution is 9.10. The number of hydrogen-bond donors (Lipinski definition) is 2. The first-order chi connectivity index (χ1) is 9.40. The quantitative estimate of drug-likeness (QED) is 0.743. The molecule has 0 saturated carbocycles. The summed E-state index contributed by atoms with van der Waals surface area (Å²) < 4.78 is 13.5. The molecule has 0 saturated heterocycles. The molecule has 104 valence electrons. The first kappa shape index (κ1) is 15.1. The van der Waals surface area contributed by atoms with E-state index in [0.29, 0.717) is 15.7 Å². The third-order valence-electron chi connectivity index (χ3n) is 2.52. The first-order valence-corrected chi connectivity index (χ1v) is 6.95. The lowest BCUT2D eigenvalue weighted by Crippen LogP contribution is -2.14. The Morgan fingerprint density at radius 2 is 1.85 bits per heavy atom. The van der Waals surface area contributed by atoms with Gasteiger partial charge >= 0.3 is 0 Å². The Labute approximate surface area is 133 Å². The van der Waals surface area contributed by atoms with E-state index in [1.165, 1.54) is 0 Å². The number of nitrogens with two attached hydrogens (primary N) is 1. The third kappa shape index (κ3) is 3.06. The Bertz CT molecular complexity index is 671. The largest absolute Gasteiger partial charge is 0.398 e. The maximum absolute atomic E-state index is 13.1. The fourth-order valence-electron chi connectivity index (χ4n) is 1.57. The summed E-state index contributed by atoms with van der Waals surface area (Å²) >= 11 is 15.0. The zero-order valence-corrected chi connectivity index (χ0v) is 13.0. The number of carbonyl (C=O) groups is 1. The van der Waals surface area contributed by atoms with E-state index in [4.69, 9.17) is 28.9 Å². The highest BCUT2D eigenvalue weighted by Crippen LogP contribution is 2.32. The molecule has 0 heterocycles. The lowest BCUT2D eigenvalue weighted by atomic mass is 10.2. The summed E-state index contributed by atoms with van der Waals surface area (Å²) in [6.07, 6.45) is 0. The van der Waals surface area contributed by atoms with Crippen LogP contribution in [0.15, 0.2) is 34.8 Å². The number of halogens is 4. The fraction of sp³-hybridized carbons (Fsp3) is 0. The topological polar surface area (TPSA) is 55.1 Å². The molecule has 0 aliphatic rings. The zero-order valence-electron chi connectivity index (χ0n) is 9.88. The summed E-state index contributed by atoms with van der Waals surface area (Å²) in [6, 6.07) is 7.01. The SMILES string of the molecule is Nc1cccc(C(=O)Nc2c(Cl)cc(F)cc2Cl)c1Br. The number of carbonyl (C=O) groups excluding carboxylic acids is 1. The van der Waals surface area contributed by atoms with Gasteiger partial charge in [0, 0.05) is 5.69 Å². The molecule has 3 nitrogen and oxygen atoms in total. The second kappa shape index (κ2) is 5.99. The van der Waals surface area contributed by atoms with Crippen LogP contribution in [0.2, 0.25) is 10.0 Å². The molecule has 0 atom stereocenters.